The predicted molar refractivity (Wildman–Crippen MR) is 155 cm³/mol. The van der Waals surface area contributed by atoms with Crippen LogP contribution >= 0.6 is 11.6 Å². The summed E-state index contributed by atoms with van der Waals surface area (Å²) in [6.07, 6.45) is 0. The van der Waals surface area contributed by atoms with Crippen molar-refractivity contribution in [3.05, 3.63) is 97.5 Å². The summed E-state index contributed by atoms with van der Waals surface area (Å²) in [5, 5.41) is 28.9. The monoisotopic (exact) mass is 629 g/mol. The number of nitro benzene ring substituents is 2. The molecule has 4 rings (SSSR count). The maximum absolute atomic E-state index is 13.0. The Kier molecular flexibility index (Phi) is 8.87. The molecular formula is C25H20ClN7O9S. The molecule has 4 aromatic rings. The summed E-state index contributed by atoms with van der Waals surface area (Å²) in [4.78, 5) is 42.5. The van der Waals surface area contributed by atoms with Gasteiger partial charge >= 0.3 is 17.4 Å². The average Bonchev–Trinajstić information content (AvgIpc) is 2.97. The molecule has 0 unspecified atom stereocenters. The first-order chi connectivity index (χ1) is 20.4. The molecule has 0 aliphatic carbocycles. The van der Waals surface area contributed by atoms with Gasteiger partial charge in [-0.05, 0) is 36.4 Å². The number of carbonyl (C=O) groups is 1. The van der Waals surface area contributed by atoms with Crippen molar-refractivity contribution in [2.45, 2.75) is 4.90 Å². The topological polar surface area (TPSA) is 218 Å². The lowest BCUT2D eigenvalue weighted by Gasteiger charge is -2.12. The minimum Gasteiger partial charge on any atom is -0.481 e. The molecule has 0 bridgehead atoms. The highest BCUT2D eigenvalue weighted by molar-refractivity contribution is 7.92. The van der Waals surface area contributed by atoms with Gasteiger partial charge in [0.15, 0.2) is 11.5 Å². The van der Waals surface area contributed by atoms with Crippen LogP contribution in [0.2, 0.25) is 5.02 Å². The van der Waals surface area contributed by atoms with Gasteiger partial charge in [-0.15, -0.1) is 0 Å². The van der Waals surface area contributed by atoms with E-state index < -0.39 is 48.4 Å². The van der Waals surface area contributed by atoms with Crippen LogP contribution in [0.25, 0.3) is 0 Å². The molecule has 0 radical (unpaired) electrons. The van der Waals surface area contributed by atoms with Crippen LogP contribution in [-0.4, -0.2) is 48.4 Å². The van der Waals surface area contributed by atoms with Crippen molar-refractivity contribution in [1.82, 2.24) is 9.97 Å². The lowest BCUT2D eigenvalue weighted by molar-refractivity contribution is -0.392. The molecule has 0 atom stereocenters. The number of aromatic nitrogens is 2. The molecule has 43 heavy (non-hydrogen) atoms. The molecule has 1 amide bonds. The summed E-state index contributed by atoms with van der Waals surface area (Å²) in [6, 6.07) is 13.8. The highest BCUT2D eigenvalue weighted by Gasteiger charge is 2.29. The van der Waals surface area contributed by atoms with E-state index in [4.69, 9.17) is 21.1 Å². The lowest BCUT2D eigenvalue weighted by atomic mass is 10.1. The smallest absolute Gasteiger partial charge is 0.321 e. The molecule has 3 aromatic carbocycles. The van der Waals surface area contributed by atoms with Gasteiger partial charge in [0.2, 0.25) is 5.88 Å². The van der Waals surface area contributed by atoms with Crippen LogP contribution in [0.1, 0.15) is 10.4 Å². The lowest BCUT2D eigenvalue weighted by Crippen LogP contribution is -2.16. The minimum atomic E-state index is -4.16. The van der Waals surface area contributed by atoms with Gasteiger partial charge < -0.3 is 20.1 Å². The number of rotatable bonds is 11. The number of nitro groups is 2. The fourth-order valence-electron chi connectivity index (χ4n) is 3.63. The Morgan fingerprint density at radius 2 is 1.53 bits per heavy atom. The summed E-state index contributed by atoms with van der Waals surface area (Å²) >= 11 is 6.09. The number of methoxy groups -OCH3 is 2. The molecule has 0 fully saturated rings. The Balaban J connectivity index is 1.58. The Morgan fingerprint density at radius 3 is 2.09 bits per heavy atom. The van der Waals surface area contributed by atoms with Crippen molar-refractivity contribution in [3.63, 3.8) is 0 Å². The van der Waals surface area contributed by atoms with Crippen LogP contribution in [0.15, 0.2) is 71.6 Å². The van der Waals surface area contributed by atoms with Crippen LogP contribution in [0.5, 0.6) is 11.9 Å². The quantitative estimate of drug-likeness (QED) is 0.151. The fraction of sp³-hybridized carbons (Fsp3) is 0.0800. The largest absolute Gasteiger partial charge is 0.481 e. The molecule has 0 saturated carbocycles. The first kappa shape index (κ1) is 30.4. The number of ether oxygens (including phenoxy) is 2. The molecular weight excluding hydrogens is 610 g/mol. The molecule has 0 saturated heterocycles. The Hall–Kier alpha value is -5.55. The Bertz CT molecular complexity index is 1780. The van der Waals surface area contributed by atoms with Crippen molar-refractivity contribution in [2.75, 3.05) is 29.6 Å². The zero-order valence-electron chi connectivity index (χ0n) is 22.1. The molecule has 0 spiro atoms. The van der Waals surface area contributed by atoms with Crippen molar-refractivity contribution >= 4 is 61.8 Å². The molecule has 0 aliphatic rings. The summed E-state index contributed by atoms with van der Waals surface area (Å²) in [7, 11) is -1.53. The minimum absolute atomic E-state index is 0.0516. The van der Waals surface area contributed by atoms with Crippen LogP contribution in [-0.2, 0) is 10.0 Å². The third-order valence-electron chi connectivity index (χ3n) is 5.62. The number of para-hydroxylation sites is 1. The van der Waals surface area contributed by atoms with Gasteiger partial charge in [-0.25, -0.2) is 8.42 Å². The number of hydrogen-bond acceptors (Lipinski definition) is 12. The van der Waals surface area contributed by atoms with E-state index in [1.165, 1.54) is 56.7 Å². The number of carbonyl (C=O) groups excluding carboxylic acids is 1. The summed E-state index contributed by atoms with van der Waals surface area (Å²) in [5.41, 5.74) is -2.09. The van der Waals surface area contributed by atoms with Gasteiger partial charge in [0.1, 0.15) is 0 Å². The van der Waals surface area contributed by atoms with E-state index in [1.807, 2.05) is 0 Å². The second kappa shape index (κ2) is 12.5. The van der Waals surface area contributed by atoms with E-state index >= 15 is 0 Å². The first-order valence-electron chi connectivity index (χ1n) is 11.8. The molecule has 0 aliphatic heterocycles. The Morgan fingerprint density at radius 1 is 0.907 bits per heavy atom. The molecule has 1 heterocycles. The SMILES string of the molecule is COc1cc(NS(=O)(=O)c2ccc(NC(=O)c3cc([N+](=O)[O-])c(Nc4ccccc4Cl)c([N+](=O)[O-])c3)cc2)nc(OC)n1. The number of halogens is 1. The van der Waals surface area contributed by atoms with E-state index in [1.54, 1.807) is 12.1 Å². The van der Waals surface area contributed by atoms with Crippen LogP contribution in [0.3, 0.4) is 0 Å². The van der Waals surface area contributed by atoms with Gasteiger partial charge in [-0.1, -0.05) is 23.7 Å². The van der Waals surface area contributed by atoms with Crippen LogP contribution < -0.4 is 24.8 Å². The maximum atomic E-state index is 13.0. The normalized spacial score (nSPS) is 10.9. The van der Waals surface area contributed by atoms with Gasteiger partial charge in [0.05, 0.1) is 45.2 Å². The number of amides is 1. The fourth-order valence-corrected chi connectivity index (χ4v) is 4.80. The van der Waals surface area contributed by atoms with Gasteiger partial charge in [0, 0.05) is 23.9 Å². The van der Waals surface area contributed by atoms with Crippen LogP contribution in [0.4, 0.5) is 34.3 Å². The maximum Gasteiger partial charge on any atom is 0.321 e. The number of sulfonamides is 1. The molecule has 18 heteroatoms. The van der Waals surface area contributed by atoms with Gasteiger partial charge in [-0.3, -0.25) is 29.7 Å². The van der Waals surface area contributed by atoms with Crippen molar-refractivity contribution < 1.29 is 32.5 Å². The average molecular weight is 630 g/mol. The summed E-state index contributed by atoms with van der Waals surface area (Å²) in [6.45, 7) is 0. The second-order valence-electron chi connectivity index (χ2n) is 8.37. The van der Waals surface area contributed by atoms with E-state index in [-0.39, 0.29) is 39.0 Å². The molecule has 3 N–H and O–H groups in total. The second-order valence-corrected chi connectivity index (χ2v) is 10.5. The first-order valence-corrected chi connectivity index (χ1v) is 13.7. The third-order valence-corrected chi connectivity index (χ3v) is 7.32. The van der Waals surface area contributed by atoms with Crippen molar-refractivity contribution in [1.29, 1.82) is 0 Å². The van der Waals surface area contributed by atoms with Crippen molar-refractivity contribution in [2.24, 2.45) is 0 Å². The summed E-state index contributed by atoms with van der Waals surface area (Å²) in [5.74, 6) is -1.00. The third kappa shape index (κ3) is 7.03. The van der Waals surface area contributed by atoms with Crippen molar-refractivity contribution in [3.8, 4) is 11.9 Å². The highest BCUT2D eigenvalue weighted by Crippen LogP contribution is 2.39. The van der Waals surface area contributed by atoms with Gasteiger partial charge in [-0.2, -0.15) is 9.97 Å². The van der Waals surface area contributed by atoms with Crippen LogP contribution in [0, 0.1) is 20.2 Å². The number of hydrogen-bond donors (Lipinski definition) is 3. The number of benzene rings is 3. The van der Waals surface area contributed by atoms with E-state index in [2.05, 4.69) is 25.3 Å². The summed E-state index contributed by atoms with van der Waals surface area (Å²) < 4.78 is 37.9. The standard InChI is InChI=1S/C25H20ClN7O9S/c1-41-22-13-21(29-25(30-22)42-2)31-43(39,40)16-9-7-15(8-10-16)27-24(34)14-11-19(32(35)36)23(20(12-14)33(37)38)28-18-6-4-3-5-17(18)26/h3-13,28H,1-2H3,(H,27,34)(H,29,30,31). The number of nitrogens with zero attached hydrogens (tertiary/aromatic N) is 4. The zero-order chi connectivity index (χ0) is 31.3. The number of nitrogens with one attached hydrogen (secondary N) is 3. The molecule has 222 valence electrons. The molecule has 16 nitrogen and oxygen atoms in total. The van der Waals surface area contributed by atoms with E-state index in [0.717, 1.165) is 12.1 Å². The zero-order valence-corrected chi connectivity index (χ0v) is 23.7. The van der Waals surface area contributed by atoms with E-state index in [0.29, 0.717) is 0 Å². The Labute approximate surface area is 248 Å². The molecule has 1 aromatic heterocycles. The van der Waals surface area contributed by atoms with E-state index in [9.17, 15) is 33.4 Å². The highest BCUT2D eigenvalue weighted by atomic mass is 35.5. The predicted octanol–water partition coefficient (Wildman–Crippen LogP) is 4.76. The van der Waals surface area contributed by atoms with Gasteiger partial charge in [0.25, 0.3) is 15.9 Å². The number of anilines is 4.